The first kappa shape index (κ1) is 17.2. The van der Waals surface area contributed by atoms with Crippen molar-refractivity contribution in [2.75, 3.05) is 0 Å². The van der Waals surface area contributed by atoms with Crippen LogP contribution in [-0.2, 0) is 0 Å². The van der Waals surface area contributed by atoms with Gasteiger partial charge in [0.1, 0.15) is 0 Å². The van der Waals surface area contributed by atoms with Crippen LogP contribution in [-0.4, -0.2) is 24.2 Å². The van der Waals surface area contributed by atoms with Crippen molar-refractivity contribution in [2.24, 2.45) is 9.98 Å². The Labute approximate surface area is 151 Å². The lowest BCUT2D eigenvalue weighted by Crippen LogP contribution is -1.96. The van der Waals surface area contributed by atoms with Crippen LogP contribution >= 0.6 is 0 Å². The summed E-state index contributed by atoms with van der Waals surface area (Å²) >= 11 is 0. The van der Waals surface area contributed by atoms with Gasteiger partial charge < -0.3 is 0 Å². The van der Waals surface area contributed by atoms with E-state index in [0.717, 1.165) is 11.1 Å². The number of nitrogens with zero attached hydrogens (tertiary/aromatic N) is 2. The Bertz CT molecular complexity index is 864. The summed E-state index contributed by atoms with van der Waals surface area (Å²) in [6.45, 7) is 0. The SMILES string of the molecule is O=C(N=Cc1ccc(C=NC(=O)c2ccccc2)cc1)c1ccccc1. The fourth-order valence-electron chi connectivity index (χ4n) is 2.25. The fourth-order valence-corrected chi connectivity index (χ4v) is 2.25. The molecule has 0 aliphatic heterocycles. The van der Waals surface area contributed by atoms with Gasteiger partial charge in [-0.1, -0.05) is 60.7 Å². The van der Waals surface area contributed by atoms with Crippen molar-refractivity contribution in [3.8, 4) is 0 Å². The van der Waals surface area contributed by atoms with E-state index in [1.165, 1.54) is 12.4 Å². The fraction of sp³-hybridized carbons (Fsp3) is 0. The number of hydrogen-bond acceptors (Lipinski definition) is 2. The monoisotopic (exact) mass is 340 g/mol. The molecule has 0 saturated carbocycles. The summed E-state index contributed by atoms with van der Waals surface area (Å²) < 4.78 is 0. The number of aliphatic imine (C=N–C) groups is 2. The molecule has 0 spiro atoms. The maximum atomic E-state index is 11.9. The van der Waals surface area contributed by atoms with Crippen molar-refractivity contribution in [2.45, 2.75) is 0 Å². The van der Waals surface area contributed by atoms with Crippen molar-refractivity contribution in [3.63, 3.8) is 0 Å². The lowest BCUT2D eigenvalue weighted by atomic mass is 10.1. The quantitative estimate of drug-likeness (QED) is 0.668. The predicted octanol–water partition coefficient (Wildman–Crippen LogP) is 4.21. The van der Waals surface area contributed by atoms with Crippen LogP contribution in [0, 0.1) is 0 Å². The minimum Gasteiger partial charge on any atom is -0.267 e. The molecule has 0 unspecified atom stereocenters. The number of carbonyl (C=O) groups is 2. The average Bonchev–Trinajstić information content (AvgIpc) is 2.72. The Hall–Kier alpha value is -3.66. The van der Waals surface area contributed by atoms with E-state index in [2.05, 4.69) is 9.98 Å². The third-order valence-corrected chi connectivity index (χ3v) is 3.64. The first-order valence-corrected chi connectivity index (χ1v) is 8.09. The summed E-state index contributed by atoms with van der Waals surface area (Å²) in [6, 6.07) is 25.1. The molecular weight excluding hydrogens is 324 g/mol. The highest BCUT2D eigenvalue weighted by Crippen LogP contribution is 2.05. The number of carbonyl (C=O) groups excluding carboxylic acids is 2. The van der Waals surface area contributed by atoms with E-state index in [-0.39, 0.29) is 11.8 Å². The summed E-state index contributed by atoms with van der Waals surface area (Å²) in [7, 11) is 0. The lowest BCUT2D eigenvalue weighted by molar-refractivity contribution is 0.0995. The van der Waals surface area contributed by atoms with Gasteiger partial charge in [0.2, 0.25) is 0 Å². The first-order chi connectivity index (χ1) is 12.7. The Kier molecular flexibility index (Phi) is 5.58. The van der Waals surface area contributed by atoms with E-state index in [1.807, 2.05) is 36.4 Å². The van der Waals surface area contributed by atoms with Gasteiger partial charge in [0, 0.05) is 23.6 Å². The van der Waals surface area contributed by atoms with Crippen molar-refractivity contribution < 1.29 is 9.59 Å². The van der Waals surface area contributed by atoms with E-state index in [9.17, 15) is 9.59 Å². The molecule has 0 aliphatic carbocycles. The normalized spacial score (nSPS) is 11.1. The Morgan fingerprint density at radius 2 is 0.885 bits per heavy atom. The van der Waals surface area contributed by atoms with Crippen LogP contribution in [0.4, 0.5) is 0 Å². The Morgan fingerprint density at radius 3 is 1.23 bits per heavy atom. The van der Waals surface area contributed by atoms with Gasteiger partial charge in [-0.2, -0.15) is 0 Å². The van der Waals surface area contributed by atoms with Crippen LogP contribution in [0.2, 0.25) is 0 Å². The minimum atomic E-state index is -0.287. The molecule has 0 bridgehead atoms. The van der Waals surface area contributed by atoms with Gasteiger partial charge in [-0.3, -0.25) is 9.59 Å². The topological polar surface area (TPSA) is 58.9 Å². The molecule has 3 aromatic rings. The third-order valence-electron chi connectivity index (χ3n) is 3.64. The molecule has 0 saturated heterocycles. The Balaban J connectivity index is 1.63. The highest BCUT2D eigenvalue weighted by molar-refractivity contribution is 6.03. The lowest BCUT2D eigenvalue weighted by Gasteiger charge is -1.97. The molecule has 3 rings (SSSR count). The molecule has 0 aromatic heterocycles. The number of rotatable bonds is 4. The summed E-state index contributed by atoms with van der Waals surface area (Å²) in [5, 5.41) is 0. The van der Waals surface area contributed by atoms with Gasteiger partial charge in [-0.25, -0.2) is 9.98 Å². The first-order valence-electron chi connectivity index (χ1n) is 8.09. The zero-order valence-corrected chi connectivity index (χ0v) is 13.9. The second-order valence-corrected chi connectivity index (χ2v) is 5.53. The Morgan fingerprint density at radius 1 is 0.538 bits per heavy atom. The van der Waals surface area contributed by atoms with Gasteiger partial charge in [0.05, 0.1) is 0 Å². The van der Waals surface area contributed by atoms with E-state index in [1.54, 1.807) is 48.5 Å². The predicted molar refractivity (Wildman–Crippen MR) is 103 cm³/mol. The highest BCUT2D eigenvalue weighted by atomic mass is 16.1. The van der Waals surface area contributed by atoms with Crippen LogP contribution in [0.5, 0.6) is 0 Å². The molecule has 0 heterocycles. The largest absolute Gasteiger partial charge is 0.276 e. The smallest absolute Gasteiger partial charge is 0.267 e. The second kappa shape index (κ2) is 8.44. The molecule has 3 aromatic carbocycles. The van der Waals surface area contributed by atoms with Crippen LogP contribution in [0.25, 0.3) is 0 Å². The van der Waals surface area contributed by atoms with Crippen LogP contribution in [0.3, 0.4) is 0 Å². The molecular formula is C22H16N2O2. The molecule has 0 N–H and O–H groups in total. The molecule has 4 heteroatoms. The van der Waals surface area contributed by atoms with Crippen LogP contribution in [0.1, 0.15) is 31.8 Å². The number of hydrogen-bond donors (Lipinski definition) is 0. The average molecular weight is 340 g/mol. The zero-order chi connectivity index (χ0) is 18.2. The van der Waals surface area contributed by atoms with E-state index in [0.29, 0.717) is 11.1 Å². The van der Waals surface area contributed by atoms with Crippen molar-refractivity contribution in [1.29, 1.82) is 0 Å². The van der Waals surface area contributed by atoms with Gasteiger partial charge in [-0.05, 0) is 35.4 Å². The van der Waals surface area contributed by atoms with Crippen molar-refractivity contribution in [3.05, 3.63) is 107 Å². The van der Waals surface area contributed by atoms with E-state index in [4.69, 9.17) is 0 Å². The molecule has 0 aliphatic rings. The molecule has 0 fully saturated rings. The molecule has 0 atom stereocenters. The summed E-state index contributed by atoms with van der Waals surface area (Å²) in [5.74, 6) is -0.575. The maximum absolute atomic E-state index is 11.9. The van der Waals surface area contributed by atoms with Gasteiger partial charge >= 0.3 is 0 Å². The van der Waals surface area contributed by atoms with Crippen molar-refractivity contribution in [1.82, 2.24) is 0 Å². The highest BCUT2D eigenvalue weighted by Gasteiger charge is 2.02. The van der Waals surface area contributed by atoms with Crippen LogP contribution < -0.4 is 0 Å². The van der Waals surface area contributed by atoms with Gasteiger partial charge in [0.25, 0.3) is 11.8 Å². The standard InChI is InChI=1S/C22H16N2O2/c25-21(19-7-3-1-4-8-19)23-15-17-11-13-18(14-12-17)16-24-22(26)20-9-5-2-6-10-20/h1-16H. The molecule has 126 valence electrons. The third kappa shape index (κ3) is 4.68. The summed E-state index contributed by atoms with van der Waals surface area (Å²) in [5.41, 5.74) is 2.68. The van der Waals surface area contributed by atoms with Gasteiger partial charge in [-0.15, -0.1) is 0 Å². The maximum Gasteiger partial charge on any atom is 0.276 e. The molecule has 0 radical (unpaired) electrons. The van der Waals surface area contributed by atoms with Crippen molar-refractivity contribution >= 4 is 24.2 Å². The number of amides is 2. The molecule has 26 heavy (non-hydrogen) atoms. The second-order valence-electron chi connectivity index (χ2n) is 5.53. The van der Waals surface area contributed by atoms with Crippen LogP contribution in [0.15, 0.2) is 94.9 Å². The zero-order valence-electron chi connectivity index (χ0n) is 13.9. The molecule has 2 amide bonds. The summed E-state index contributed by atoms with van der Waals surface area (Å²) in [4.78, 5) is 31.8. The molecule has 4 nitrogen and oxygen atoms in total. The van der Waals surface area contributed by atoms with E-state index < -0.39 is 0 Å². The summed E-state index contributed by atoms with van der Waals surface area (Å²) in [6.07, 6.45) is 3.04. The minimum absolute atomic E-state index is 0.287. The van der Waals surface area contributed by atoms with Gasteiger partial charge in [0.15, 0.2) is 0 Å². The number of benzene rings is 3. The van der Waals surface area contributed by atoms with E-state index >= 15 is 0 Å².